The van der Waals surface area contributed by atoms with E-state index in [2.05, 4.69) is 13.8 Å². The summed E-state index contributed by atoms with van der Waals surface area (Å²) in [6, 6.07) is 5.72. The number of Topliss-reactive ketones (excluding diaryl/α,β-unsaturated/α-hetero) is 1. The molecule has 0 saturated carbocycles. The van der Waals surface area contributed by atoms with Crippen LogP contribution in [0.25, 0.3) is 0 Å². The lowest BCUT2D eigenvalue weighted by Gasteiger charge is -2.15. The molecule has 0 saturated heterocycles. The van der Waals surface area contributed by atoms with Gasteiger partial charge < -0.3 is 4.74 Å². The van der Waals surface area contributed by atoms with Crippen molar-refractivity contribution in [2.45, 2.75) is 32.1 Å². The molecule has 0 unspecified atom stereocenters. The lowest BCUT2D eigenvalue weighted by atomic mass is 9.85. The summed E-state index contributed by atoms with van der Waals surface area (Å²) < 4.78 is 5.60. The number of alkyl halides is 1. The van der Waals surface area contributed by atoms with Crippen molar-refractivity contribution in [3.8, 4) is 5.75 Å². The third kappa shape index (κ3) is 2.47. The van der Waals surface area contributed by atoms with E-state index in [9.17, 15) is 4.79 Å². The Labute approximate surface area is 107 Å². The first kappa shape index (κ1) is 12.4. The van der Waals surface area contributed by atoms with Gasteiger partial charge in [-0.2, -0.15) is 0 Å². The Morgan fingerprint density at radius 1 is 1.47 bits per heavy atom. The number of hydrogen-bond acceptors (Lipinski definition) is 2. The first-order chi connectivity index (χ1) is 8.04. The van der Waals surface area contributed by atoms with E-state index < -0.39 is 0 Å². The Kier molecular flexibility index (Phi) is 3.43. The Balaban J connectivity index is 2.25. The highest BCUT2D eigenvalue weighted by molar-refractivity contribution is 6.18. The van der Waals surface area contributed by atoms with Gasteiger partial charge >= 0.3 is 0 Å². The van der Waals surface area contributed by atoms with Crippen LogP contribution in [0.3, 0.4) is 0 Å². The van der Waals surface area contributed by atoms with Gasteiger partial charge in [0.1, 0.15) is 5.75 Å². The normalized spacial score (nSPS) is 16.4. The standard InChI is InChI=1S/C14H17ClO2/c1-14(2)9-17-13-6-5-10(8-11(13)14)12(16)4-3-7-15/h5-6,8H,3-4,7,9H2,1-2H3. The fourth-order valence-electron chi connectivity index (χ4n) is 2.07. The lowest BCUT2D eigenvalue weighted by Crippen LogP contribution is -2.18. The van der Waals surface area contributed by atoms with Gasteiger partial charge in [-0.05, 0) is 24.6 Å². The SMILES string of the molecule is CC1(C)COc2ccc(C(=O)CCCCl)cc21. The molecule has 0 aliphatic carbocycles. The third-order valence-electron chi connectivity index (χ3n) is 3.16. The molecule has 0 N–H and O–H groups in total. The summed E-state index contributed by atoms with van der Waals surface area (Å²) in [5, 5.41) is 0. The summed E-state index contributed by atoms with van der Waals surface area (Å²) in [6.45, 7) is 4.94. The molecule has 0 amide bonds. The predicted molar refractivity (Wildman–Crippen MR) is 69.2 cm³/mol. The van der Waals surface area contributed by atoms with Crippen LogP contribution in [0.2, 0.25) is 0 Å². The molecule has 1 aromatic carbocycles. The van der Waals surface area contributed by atoms with E-state index in [0.717, 1.165) is 23.3 Å². The molecule has 1 heterocycles. The number of ether oxygens (including phenoxy) is 1. The Morgan fingerprint density at radius 3 is 2.94 bits per heavy atom. The van der Waals surface area contributed by atoms with Crippen LogP contribution in [-0.4, -0.2) is 18.3 Å². The number of benzene rings is 1. The second-order valence-corrected chi connectivity index (χ2v) is 5.48. The second-order valence-electron chi connectivity index (χ2n) is 5.10. The van der Waals surface area contributed by atoms with E-state index in [4.69, 9.17) is 16.3 Å². The molecule has 92 valence electrons. The molecular formula is C14H17ClO2. The van der Waals surface area contributed by atoms with E-state index in [1.165, 1.54) is 0 Å². The average Bonchev–Trinajstić information content (AvgIpc) is 2.62. The number of carbonyl (C=O) groups is 1. The van der Waals surface area contributed by atoms with Gasteiger partial charge in [0.15, 0.2) is 5.78 Å². The van der Waals surface area contributed by atoms with Crippen LogP contribution >= 0.6 is 11.6 Å². The quantitative estimate of drug-likeness (QED) is 0.605. The maximum Gasteiger partial charge on any atom is 0.162 e. The molecule has 0 spiro atoms. The van der Waals surface area contributed by atoms with Crippen molar-refractivity contribution in [1.29, 1.82) is 0 Å². The van der Waals surface area contributed by atoms with Crippen LogP contribution in [0.5, 0.6) is 5.75 Å². The Morgan fingerprint density at radius 2 is 2.24 bits per heavy atom. The summed E-state index contributed by atoms with van der Waals surface area (Å²) in [6.07, 6.45) is 1.25. The third-order valence-corrected chi connectivity index (χ3v) is 3.42. The molecule has 0 bridgehead atoms. The van der Waals surface area contributed by atoms with Crippen LogP contribution in [0.4, 0.5) is 0 Å². The molecule has 1 aromatic rings. The van der Waals surface area contributed by atoms with Crippen molar-refractivity contribution in [2.75, 3.05) is 12.5 Å². The van der Waals surface area contributed by atoms with Gasteiger partial charge in [0, 0.05) is 28.8 Å². The van der Waals surface area contributed by atoms with Crippen molar-refractivity contribution in [1.82, 2.24) is 0 Å². The molecule has 3 heteroatoms. The highest BCUT2D eigenvalue weighted by Crippen LogP contribution is 2.38. The summed E-state index contributed by atoms with van der Waals surface area (Å²) in [7, 11) is 0. The predicted octanol–water partition coefficient (Wildman–Crippen LogP) is 3.56. The van der Waals surface area contributed by atoms with Crippen molar-refractivity contribution in [3.05, 3.63) is 29.3 Å². The van der Waals surface area contributed by atoms with Crippen molar-refractivity contribution >= 4 is 17.4 Å². The summed E-state index contributed by atoms with van der Waals surface area (Å²) >= 11 is 5.60. The number of rotatable bonds is 4. The van der Waals surface area contributed by atoms with Gasteiger partial charge in [-0.3, -0.25) is 4.79 Å². The van der Waals surface area contributed by atoms with Crippen LogP contribution in [0.1, 0.15) is 42.6 Å². The number of hydrogen-bond donors (Lipinski definition) is 0. The topological polar surface area (TPSA) is 26.3 Å². The molecule has 1 aliphatic rings. The van der Waals surface area contributed by atoms with Gasteiger partial charge in [-0.25, -0.2) is 0 Å². The number of ketones is 1. The van der Waals surface area contributed by atoms with Crippen molar-refractivity contribution in [2.24, 2.45) is 0 Å². The van der Waals surface area contributed by atoms with Crippen molar-refractivity contribution < 1.29 is 9.53 Å². The molecule has 0 fully saturated rings. The highest BCUT2D eigenvalue weighted by atomic mass is 35.5. The van der Waals surface area contributed by atoms with Crippen LogP contribution < -0.4 is 4.74 Å². The van der Waals surface area contributed by atoms with E-state index in [-0.39, 0.29) is 11.2 Å². The maximum absolute atomic E-state index is 11.9. The molecule has 17 heavy (non-hydrogen) atoms. The summed E-state index contributed by atoms with van der Waals surface area (Å²) in [5.74, 6) is 1.60. The number of carbonyl (C=O) groups excluding carboxylic acids is 1. The number of halogens is 1. The monoisotopic (exact) mass is 252 g/mol. The largest absolute Gasteiger partial charge is 0.492 e. The molecule has 0 aromatic heterocycles. The zero-order valence-electron chi connectivity index (χ0n) is 10.3. The maximum atomic E-state index is 11.9. The first-order valence-electron chi connectivity index (χ1n) is 5.91. The molecule has 0 radical (unpaired) electrons. The zero-order valence-corrected chi connectivity index (χ0v) is 11.0. The van der Waals surface area contributed by atoms with Crippen LogP contribution in [0, 0.1) is 0 Å². The zero-order chi connectivity index (χ0) is 12.5. The Bertz CT molecular complexity index is 438. The first-order valence-corrected chi connectivity index (χ1v) is 6.44. The number of fused-ring (bicyclic) bond motifs is 1. The lowest BCUT2D eigenvalue weighted by molar-refractivity contribution is 0.0982. The molecule has 0 atom stereocenters. The van der Waals surface area contributed by atoms with Gasteiger partial charge in [0.25, 0.3) is 0 Å². The second kappa shape index (κ2) is 4.69. The van der Waals surface area contributed by atoms with E-state index >= 15 is 0 Å². The smallest absolute Gasteiger partial charge is 0.162 e. The summed E-state index contributed by atoms with van der Waals surface area (Å²) in [5.41, 5.74) is 1.90. The molecular weight excluding hydrogens is 236 g/mol. The van der Waals surface area contributed by atoms with Crippen LogP contribution in [0.15, 0.2) is 18.2 Å². The minimum Gasteiger partial charge on any atom is -0.492 e. The van der Waals surface area contributed by atoms with E-state index in [1.54, 1.807) is 0 Å². The van der Waals surface area contributed by atoms with Gasteiger partial charge in [-0.15, -0.1) is 11.6 Å². The van der Waals surface area contributed by atoms with Gasteiger partial charge in [0.2, 0.25) is 0 Å². The van der Waals surface area contributed by atoms with E-state index in [0.29, 0.717) is 18.9 Å². The minimum absolute atomic E-state index is 0.00188. The van der Waals surface area contributed by atoms with E-state index in [1.807, 2.05) is 18.2 Å². The van der Waals surface area contributed by atoms with Crippen LogP contribution in [-0.2, 0) is 5.41 Å². The average molecular weight is 253 g/mol. The fourth-order valence-corrected chi connectivity index (χ4v) is 2.20. The minimum atomic E-state index is -0.00188. The molecule has 1 aliphatic heterocycles. The van der Waals surface area contributed by atoms with Crippen molar-refractivity contribution in [3.63, 3.8) is 0 Å². The highest BCUT2D eigenvalue weighted by Gasteiger charge is 2.32. The fraction of sp³-hybridized carbons (Fsp3) is 0.500. The van der Waals surface area contributed by atoms with Gasteiger partial charge in [0.05, 0.1) is 6.61 Å². The molecule has 2 nitrogen and oxygen atoms in total. The van der Waals surface area contributed by atoms with Gasteiger partial charge in [-0.1, -0.05) is 13.8 Å². The summed E-state index contributed by atoms with van der Waals surface area (Å²) in [4.78, 5) is 11.9. The Hall–Kier alpha value is -1.02. The molecule has 2 rings (SSSR count).